The average molecular weight is 507 g/mol. The first-order valence-electron chi connectivity index (χ1n) is 8.52. The van der Waals surface area contributed by atoms with Gasteiger partial charge in [-0.1, -0.05) is 6.07 Å². The van der Waals surface area contributed by atoms with Gasteiger partial charge in [0.15, 0.2) is 5.96 Å². The maximum atomic E-state index is 12.1. The van der Waals surface area contributed by atoms with Crippen LogP contribution in [0.5, 0.6) is 5.75 Å². The van der Waals surface area contributed by atoms with Gasteiger partial charge in [0, 0.05) is 25.0 Å². The fourth-order valence-electron chi connectivity index (χ4n) is 2.75. The summed E-state index contributed by atoms with van der Waals surface area (Å²) in [5.74, 6) is 0.823. The van der Waals surface area contributed by atoms with Gasteiger partial charge in [-0.15, -0.1) is 37.1 Å². The first kappa shape index (κ1) is 22.1. The molecule has 152 valence electrons. The minimum absolute atomic E-state index is 0. The molecule has 2 aromatic rings. The van der Waals surface area contributed by atoms with Crippen molar-refractivity contribution >= 4 is 41.4 Å². The predicted octanol–water partition coefficient (Wildman–Crippen LogP) is 4.13. The number of nitrogens with one attached hydrogen (secondary N) is 1. The zero-order chi connectivity index (χ0) is 19.3. The molecule has 1 aromatic carbocycles. The molecule has 0 aliphatic carbocycles. The summed E-state index contributed by atoms with van der Waals surface area (Å²) in [5, 5.41) is 2.82. The fraction of sp³-hybridized carbons (Fsp3) is 0.333. The number of nitrogens with zero attached hydrogens (tertiary/aromatic N) is 3. The van der Waals surface area contributed by atoms with Crippen LogP contribution < -0.4 is 20.7 Å². The molecule has 0 radical (unpaired) electrons. The van der Waals surface area contributed by atoms with Crippen molar-refractivity contribution < 1.29 is 17.9 Å². The number of aliphatic imine (C=N–C) groups is 1. The number of hydrogen-bond donors (Lipinski definition) is 2. The molecule has 0 atom stereocenters. The summed E-state index contributed by atoms with van der Waals surface area (Å²) in [7, 11) is 0. The summed E-state index contributed by atoms with van der Waals surface area (Å²) in [6.45, 7) is 2.42. The molecule has 28 heavy (non-hydrogen) atoms. The van der Waals surface area contributed by atoms with Crippen molar-refractivity contribution in [2.24, 2.45) is 10.7 Å². The van der Waals surface area contributed by atoms with Crippen molar-refractivity contribution in [2.75, 3.05) is 23.3 Å². The summed E-state index contributed by atoms with van der Waals surface area (Å²) in [6.07, 6.45) is -0.556. The number of ether oxygens (including phenoxy) is 1. The van der Waals surface area contributed by atoms with Gasteiger partial charge >= 0.3 is 6.36 Å². The topological polar surface area (TPSA) is 75.8 Å². The SMILES string of the molecule is I.NC(=NCc1ccc(N2CCCC2)nc1)Nc1ccc(OC(F)(F)F)cc1. The van der Waals surface area contributed by atoms with E-state index < -0.39 is 6.36 Å². The second-order valence-corrected chi connectivity index (χ2v) is 6.12. The van der Waals surface area contributed by atoms with E-state index in [0.29, 0.717) is 12.2 Å². The lowest BCUT2D eigenvalue weighted by atomic mass is 10.3. The van der Waals surface area contributed by atoms with Crippen LogP contribution >= 0.6 is 24.0 Å². The Morgan fingerprint density at radius 2 is 1.82 bits per heavy atom. The smallest absolute Gasteiger partial charge is 0.406 e. The number of anilines is 2. The number of guanidine groups is 1. The molecule has 0 spiro atoms. The highest BCUT2D eigenvalue weighted by Crippen LogP contribution is 2.24. The third-order valence-corrected chi connectivity index (χ3v) is 4.03. The minimum Gasteiger partial charge on any atom is -0.406 e. The molecular weight excluding hydrogens is 486 g/mol. The third kappa shape index (κ3) is 6.73. The van der Waals surface area contributed by atoms with E-state index in [9.17, 15) is 13.2 Å². The lowest BCUT2D eigenvalue weighted by molar-refractivity contribution is -0.274. The van der Waals surface area contributed by atoms with Crippen LogP contribution in [0.4, 0.5) is 24.7 Å². The maximum Gasteiger partial charge on any atom is 0.573 e. The quantitative estimate of drug-likeness (QED) is 0.362. The van der Waals surface area contributed by atoms with Gasteiger partial charge in [0.2, 0.25) is 0 Å². The van der Waals surface area contributed by atoms with Gasteiger partial charge in [0.1, 0.15) is 11.6 Å². The van der Waals surface area contributed by atoms with Crippen LogP contribution in [0.2, 0.25) is 0 Å². The van der Waals surface area contributed by atoms with Gasteiger partial charge in [-0.3, -0.25) is 0 Å². The van der Waals surface area contributed by atoms with E-state index in [0.717, 1.165) is 24.5 Å². The van der Waals surface area contributed by atoms with E-state index in [1.54, 1.807) is 6.20 Å². The number of nitrogens with two attached hydrogens (primary N) is 1. The highest BCUT2D eigenvalue weighted by Gasteiger charge is 2.30. The molecule has 0 unspecified atom stereocenters. The molecule has 1 aliphatic rings. The molecule has 0 amide bonds. The molecule has 1 aromatic heterocycles. The van der Waals surface area contributed by atoms with E-state index in [1.807, 2.05) is 12.1 Å². The number of benzene rings is 1. The molecule has 0 saturated carbocycles. The number of hydrogen-bond acceptors (Lipinski definition) is 4. The minimum atomic E-state index is -4.71. The largest absolute Gasteiger partial charge is 0.573 e. The Balaban J connectivity index is 0.00000280. The molecule has 10 heteroatoms. The van der Waals surface area contributed by atoms with E-state index in [2.05, 4.69) is 24.9 Å². The first-order valence-corrected chi connectivity index (χ1v) is 8.52. The summed E-state index contributed by atoms with van der Waals surface area (Å²) in [5.41, 5.74) is 7.24. The van der Waals surface area contributed by atoms with E-state index in [1.165, 1.54) is 37.1 Å². The molecule has 3 N–H and O–H groups in total. The number of alkyl halides is 3. The summed E-state index contributed by atoms with van der Waals surface area (Å²) in [4.78, 5) is 10.9. The van der Waals surface area contributed by atoms with Crippen molar-refractivity contribution in [1.29, 1.82) is 0 Å². The monoisotopic (exact) mass is 507 g/mol. The van der Waals surface area contributed by atoms with Crippen molar-refractivity contribution in [3.05, 3.63) is 48.2 Å². The molecule has 3 rings (SSSR count). The zero-order valence-corrected chi connectivity index (χ0v) is 17.3. The zero-order valence-electron chi connectivity index (χ0n) is 14.9. The maximum absolute atomic E-state index is 12.1. The third-order valence-electron chi connectivity index (χ3n) is 4.03. The van der Waals surface area contributed by atoms with Crippen LogP contribution in [0.15, 0.2) is 47.6 Å². The van der Waals surface area contributed by atoms with Crippen molar-refractivity contribution in [2.45, 2.75) is 25.7 Å². The fourth-order valence-corrected chi connectivity index (χ4v) is 2.75. The van der Waals surface area contributed by atoms with Crippen molar-refractivity contribution in [1.82, 2.24) is 4.98 Å². The van der Waals surface area contributed by atoms with E-state index >= 15 is 0 Å². The van der Waals surface area contributed by atoms with Crippen molar-refractivity contribution in [3.63, 3.8) is 0 Å². The number of pyridine rings is 1. The second kappa shape index (κ2) is 9.80. The van der Waals surface area contributed by atoms with Gasteiger partial charge < -0.3 is 20.7 Å². The Kier molecular flexibility index (Phi) is 7.72. The van der Waals surface area contributed by atoms with Crippen LogP contribution in [0.3, 0.4) is 0 Å². The number of halogens is 4. The summed E-state index contributed by atoms with van der Waals surface area (Å²) in [6, 6.07) is 9.18. The summed E-state index contributed by atoms with van der Waals surface area (Å²) >= 11 is 0. The molecule has 6 nitrogen and oxygen atoms in total. The Hall–Kier alpha value is -2.24. The predicted molar refractivity (Wildman–Crippen MR) is 113 cm³/mol. The van der Waals surface area contributed by atoms with Crippen LogP contribution in [-0.2, 0) is 6.54 Å². The van der Waals surface area contributed by atoms with Crippen LogP contribution in [-0.4, -0.2) is 30.4 Å². The molecular formula is C18H21F3IN5O. The van der Waals surface area contributed by atoms with Gasteiger partial charge in [0.25, 0.3) is 0 Å². The van der Waals surface area contributed by atoms with Crippen LogP contribution in [0, 0.1) is 0 Å². The number of aromatic nitrogens is 1. The molecule has 2 heterocycles. The second-order valence-electron chi connectivity index (χ2n) is 6.12. The highest BCUT2D eigenvalue weighted by atomic mass is 127. The van der Waals surface area contributed by atoms with Crippen LogP contribution in [0.1, 0.15) is 18.4 Å². The van der Waals surface area contributed by atoms with Gasteiger partial charge in [-0.2, -0.15) is 0 Å². The standard InChI is InChI=1S/C18H20F3N5O.HI/c19-18(20,21)27-15-6-4-14(5-7-15)25-17(22)24-12-13-3-8-16(23-11-13)26-9-1-2-10-26;/h3-8,11H,1-2,9-10,12H2,(H3,22,24,25);1H. The molecule has 1 aliphatic heterocycles. The highest BCUT2D eigenvalue weighted by molar-refractivity contribution is 14.0. The van der Waals surface area contributed by atoms with E-state index in [4.69, 9.17) is 5.73 Å². The molecule has 0 bridgehead atoms. The normalized spacial score (nSPS) is 14.5. The average Bonchev–Trinajstić information content (AvgIpc) is 3.16. The van der Waals surface area contributed by atoms with Crippen molar-refractivity contribution in [3.8, 4) is 5.75 Å². The lowest BCUT2D eigenvalue weighted by Gasteiger charge is -2.16. The Bertz CT molecular complexity index is 775. The van der Waals surface area contributed by atoms with Gasteiger partial charge in [0.05, 0.1) is 6.54 Å². The Morgan fingerprint density at radius 3 is 2.39 bits per heavy atom. The van der Waals surface area contributed by atoms with Gasteiger partial charge in [-0.05, 0) is 48.7 Å². The Morgan fingerprint density at radius 1 is 1.14 bits per heavy atom. The van der Waals surface area contributed by atoms with Crippen LogP contribution in [0.25, 0.3) is 0 Å². The lowest BCUT2D eigenvalue weighted by Crippen LogP contribution is -2.22. The van der Waals surface area contributed by atoms with E-state index in [-0.39, 0.29) is 35.7 Å². The molecule has 1 fully saturated rings. The van der Waals surface area contributed by atoms with Gasteiger partial charge in [-0.25, -0.2) is 9.98 Å². The summed E-state index contributed by atoms with van der Waals surface area (Å²) < 4.78 is 40.2. The Labute approximate surface area is 178 Å². The number of rotatable bonds is 5. The molecule has 1 saturated heterocycles. The first-order chi connectivity index (χ1) is 12.9.